The van der Waals surface area contributed by atoms with E-state index in [9.17, 15) is 15.3 Å². The molecule has 1 aromatic rings. The number of hydrogen-bond donors (Lipinski definition) is 0. The lowest BCUT2D eigenvalue weighted by Gasteiger charge is -1.97. The number of pyridine rings is 1. The van der Waals surface area contributed by atoms with Crippen LogP contribution >= 0.6 is 0 Å². The first-order valence-corrected chi connectivity index (χ1v) is 2.95. The maximum Gasteiger partial charge on any atom is 0.333 e. The second-order valence-electron chi connectivity index (χ2n) is 2.11. The van der Waals surface area contributed by atoms with Crippen LogP contribution < -0.4 is 4.73 Å². The van der Waals surface area contributed by atoms with Gasteiger partial charge in [-0.05, 0) is 0 Å². The summed E-state index contributed by atoms with van der Waals surface area (Å²) in [4.78, 5) is 9.51. The van der Waals surface area contributed by atoms with Gasteiger partial charge in [0.25, 0.3) is 6.20 Å². The number of aryl methyl sites for hydroxylation is 1. The zero-order chi connectivity index (χ0) is 8.43. The highest BCUT2D eigenvalue weighted by Gasteiger charge is 2.10. The van der Waals surface area contributed by atoms with Crippen molar-refractivity contribution in [1.82, 2.24) is 0 Å². The number of rotatable bonds is 1. The van der Waals surface area contributed by atoms with E-state index in [1.54, 1.807) is 6.92 Å². The van der Waals surface area contributed by atoms with E-state index in [0.717, 1.165) is 6.20 Å². The number of nitrogens with zero attached hydrogens (tertiary/aromatic N) is 2. The minimum Gasteiger partial charge on any atom is -0.618 e. The van der Waals surface area contributed by atoms with Gasteiger partial charge in [-0.2, -0.15) is 4.73 Å². The molecule has 0 spiro atoms. The van der Waals surface area contributed by atoms with Crippen LogP contribution in [-0.4, -0.2) is 4.92 Å². The van der Waals surface area contributed by atoms with E-state index in [-0.39, 0.29) is 5.69 Å². The Labute approximate surface area is 62.6 Å². The molecule has 0 amide bonds. The molecule has 1 rings (SSSR count). The van der Waals surface area contributed by atoms with Crippen molar-refractivity contribution in [3.63, 3.8) is 0 Å². The Kier molecular flexibility index (Phi) is 1.72. The van der Waals surface area contributed by atoms with E-state index in [1.165, 1.54) is 12.1 Å². The quantitative estimate of drug-likeness (QED) is 0.256. The van der Waals surface area contributed by atoms with E-state index in [2.05, 4.69) is 0 Å². The topological polar surface area (TPSA) is 70.1 Å². The minimum atomic E-state index is -0.603. The van der Waals surface area contributed by atoms with E-state index in [4.69, 9.17) is 0 Å². The molecular formula is C6H6N2O3. The van der Waals surface area contributed by atoms with Crippen LogP contribution in [0.25, 0.3) is 0 Å². The van der Waals surface area contributed by atoms with E-state index < -0.39 is 4.92 Å². The molecule has 0 atom stereocenters. The molecule has 1 aromatic heterocycles. The maximum absolute atomic E-state index is 10.8. The first-order chi connectivity index (χ1) is 5.11. The largest absolute Gasteiger partial charge is 0.618 e. The van der Waals surface area contributed by atoms with Crippen LogP contribution in [-0.2, 0) is 0 Å². The second kappa shape index (κ2) is 2.53. The SMILES string of the molecule is Cc1ccc([N+](=O)[O-])c[n+]1[O-]. The first kappa shape index (κ1) is 7.46. The molecule has 0 bridgehead atoms. The molecule has 5 nitrogen and oxygen atoms in total. The Morgan fingerprint density at radius 1 is 1.55 bits per heavy atom. The molecule has 0 aliphatic heterocycles. The van der Waals surface area contributed by atoms with Crippen LogP contribution in [0.5, 0.6) is 0 Å². The predicted octanol–water partition coefficient (Wildman–Crippen LogP) is 0.537. The molecular weight excluding hydrogens is 148 g/mol. The summed E-state index contributed by atoms with van der Waals surface area (Å²) in [7, 11) is 0. The van der Waals surface area contributed by atoms with Crippen molar-refractivity contribution >= 4 is 5.69 Å². The van der Waals surface area contributed by atoms with Crippen LogP contribution in [0.1, 0.15) is 5.69 Å². The third kappa shape index (κ3) is 1.43. The van der Waals surface area contributed by atoms with E-state index in [0.29, 0.717) is 10.4 Å². The minimum absolute atomic E-state index is 0.189. The molecule has 58 valence electrons. The second-order valence-corrected chi connectivity index (χ2v) is 2.11. The molecule has 0 N–H and O–H groups in total. The summed E-state index contributed by atoms with van der Waals surface area (Å²) in [5, 5.41) is 20.9. The van der Waals surface area contributed by atoms with Gasteiger partial charge in [-0.15, -0.1) is 0 Å². The van der Waals surface area contributed by atoms with Gasteiger partial charge in [0, 0.05) is 19.1 Å². The summed E-state index contributed by atoms with van der Waals surface area (Å²) in [5.74, 6) is 0. The number of hydrogen-bond acceptors (Lipinski definition) is 3. The lowest BCUT2D eigenvalue weighted by molar-refractivity contribution is -0.616. The molecule has 11 heavy (non-hydrogen) atoms. The van der Waals surface area contributed by atoms with Crippen LogP contribution in [0.3, 0.4) is 0 Å². The van der Waals surface area contributed by atoms with Crippen molar-refractivity contribution in [3.8, 4) is 0 Å². The Morgan fingerprint density at radius 2 is 2.18 bits per heavy atom. The van der Waals surface area contributed by atoms with Crippen molar-refractivity contribution in [3.05, 3.63) is 39.3 Å². The highest BCUT2D eigenvalue weighted by molar-refractivity contribution is 5.23. The lowest BCUT2D eigenvalue weighted by Crippen LogP contribution is -2.29. The van der Waals surface area contributed by atoms with Gasteiger partial charge < -0.3 is 5.21 Å². The van der Waals surface area contributed by atoms with Gasteiger partial charge >= 0.3 is 5.69 Å². The Bertz CT molecular complexity index is 298. The maximum atomic E-state index is 10.8. The highest BCUT2D eigenvalue weighted by Crippen LogP contribution is 2.06. The van der Waals surface area contributed by atoms with Crippen LogP contribution in [0, 0.1) is 22.2 Å². The Hall–Kier alpha value is -1.65. The van der Waals surface area contributed by atoms with Crippen LogP contribution in [0.15, 0.2) is 18.3 Å². The summed E-state index contributed by atoms with van der Waals surface area (Å²) >= 11 is 0. The fraction of sp³-hybridized carbons (Fsp3) is 0.167. The van der Waals surface area contributed by atoms with Gasteiger partial charge in [0.1, 0.15) is 0 Å². The molecule has 0 unspecified atom stereocenters. The third-order valence-corrected chi connectivity index (χ3v) is 1.30. The van der Waals surface area contributed by atoms with Crippen LogP contribution in [0.2, 0.25) is 0 Å². The highest BCUT2D eigenvalue weighted by atomic mass is 16.6. The van der Waals surface area contributed by atoms with Crippen LogP contribution in [0.4, 0.5) is 5.69 Å². The van der Waals surface area contributed by atoms with Crippen molar-refractivity contribution in [2.45, 2.75) is 6.92 Å². The molecule has 0 fully saturated rings. The van der Waals surface area contributed by atoms with Gasteiger partial charge in [0.2, 0.25) is 0 Å². The molecule has 5 heteroatoms. The van der Waals surface area contributed by atoms with Crippen molar-refractivity contribution in [1.29, 1.82) is 0 Å². The lowest BCUT2D eigenvalue weighted by atomic mass is 10.3. The summed E-state index contributed by atoms with van der Waals surface area (Å²) in [5.41, 5.74) is 0.251. The van der Waals surface area contributed by atoms with Gasteiger partial charge in [-0.3, -0.25) is 10.1 Å². The number of nitro groups is 1. The molecule has 0 aromatic carbocycles. The molecule has 1 heterocycles. The normalized spacial score (nSPS) is 9.55. The molecule has 0 aliphatic carbocycles. The zero-order valence-electron chi connectivity index (χ0n) is 5.85. The van der Waals surface area contributed by atoms with Crippen molar-refractivity contribution in [2.75, 3.05) is 0 Å². The standard InChI is InChI=1S/C6H6N2O3/c1-5-2-3-6(8(10)11)4-7(5)9/h2-4H,1H3. The Balaban J connectivity index is 3.15. The van der Waals surface area contributed by atoms with Crippen molar-refractivity contribution in [2.24, 2.45) is 0 Å². The smallest absolute Gasteiger partial charge is 0.333 e. The van der Waals surface area contributed by atoms with E-state index in [1.807, 2.05) is 0 Å². The average molecular weight is 154 g/mol. The first-order valence-electron chi connectivity index (χ1n) is 2.95. The number of aromatic nitrogens is 1. The molecule has 0 radical (unpaired) electrons. The van der Waals surface area contributed by atoms with Gasteiger partial charge in [-0.25, -0.2) is 0 Å². The summed E-state index contributed by atoms with van der Waals surface area (Å²) in [6.45, 7) is 1.58. The average Bonchev–Trinajstić information content (AvgIpc) is 1.94. The van der Waals surface area contributed by atoms with Crippen molar-refractivity contribution < 1.29 is 9.65 Å². The molecule has 0 saturated carbocycles. The summed E-state index contributed by atoms with van der Waals surface area (Å²) in [6.07, 6.45) is 0.940. The molecule has 0 aliphatic rings. The predicted molar refractivity (Wildman–Crippen MR) is 36.8 cm³/mol. The molecule has 0 saturated heterocycles. The fourth-order valence-corrected chi connectivity index (χ4v) is 0.652. The summed E-state index contributed by atoms with van der Waals surface area (Å²) in [6, 6.07) is 2.70. The zero-order valence-corrected chi connectivity index (χ0v) is 5.85. The Morgan fingerprint density at radius 3 is 2.64 bits per heavy atom. The fourth-order valence-electron chi connectivity index (χ4n) is 0.652. The van der Waals surface area contributed by atoms with E-state index >= 15 is 0 Å². The third-order valence-electron chi connectivity index (χ3n) is 1.30. The van der Waals surface area contributed by atoms with Gasteiger partial charge in [0.05, 0.1) is 4.92 Å². The van der Waals surface area contributed by atoms with Gasteiger partial charge in [-0.1, -0.05) is 0 Å². The van der Waals surface area contributed by atoms with Gasteiger partial charge in [0.15, 0.2) is 5.69 Å². The summed E-state index contributed by atoms with van der Waals surface area (Å²) < 4.78 is 0.470. The monoisotopic (exact) mass is 154 g/mol.